The van der Waals surface area contributed by atoms with Crippen LogP contribution in [0.2, 0.25) is 0 Å². The maximum atomic E-state index is 12.9. The predicted molar refractivity (Wildman–Crippen MR) is 117 cm³/mol. The van der Waals surface area contributed by atoms with Crippen LogP contribution in [0.15, 0.2) is 48.5 Å². The molecule has 33 heavy (non-hydrogen) atoms. The van der Waals surface area contributed by atoms with Gasteiger partial charge >= 0.3 is 18.1 Å². The molecular formula is C24H28F3NO5. The van der Waals surface area contributed by atoms with E-state index in [0.717, 1.165) is 31.4 Å². The fourth-order valence-corrected chi connectivity index (χ4v) is 2.88. The first-order valence-corrected chi connectivity index (χ1v) is 10.7. The zero-order chi connectivity index (χ0) is 24.1. The lowest BCUT2D eigenvalue weighted by atomic mass is 10.1. The van der Waals surface area contributed by atoms with Crippen LogP contribution in [0.4, 0.5) is 24.5 Å². The molecule has 1 N–H and O–H groups in total. The Labute approximate surface area is 191 Å². The Morgan fingerprint density at radius 1 is 0.909 bits per heavy atom. The third kappa shape index (κ3) is 9.53. The van der Waals surface area contributed by atoms with Crippen molar-refractivity contribution in [3.05, 3.63) is 59.7 Å². The number of ether oxygens (including phenoxy) is 3. The number of halogens is 3. The van der Waals surface area contributed by atoms with E-state index < -0.39 is 17.7 Å². The van der Waals surface area contributed by atoms with Crippen LogP contribution >= 0.6 is 0 Å². The van der Waals surface area contributed by atoms with Crippen LogP contribution in [-0.4, -0.2) is 38.4 Å². The van der Waals surface area contributed by atoms with Crippen molar-refractivity contribution in [1.29, 1.82) is 0 Å². The monoisotopic (exact) mass is 467 g/mol. The molecule has 2 rings (SSSR count). The number of rotatable bonds is 13. The molecule has 0 aliphatic carbocycles. The lowest BCUT2D eigenvalue weighted by Gasteiger charge is -2.13. The SMILES string of the molecule is CCCCCC(=O)OCCOCCOC(=O)c1ccccc1Nc1cccc(C(F)(F)F)c1. The largest absolute Gasteiger partial charge is 0.463 e. The number of carbonyl (C=O) groups is 2. The van der Waals surface area contributed by atoms with Gasteiger partial charge in [0.2, 0.25) is 0 Å². The number of anilines is 2. The molecule has 180 valence electrons. The molecule has 2 aromatic rings. The van der Waals surface area contributed by atoms with E-state index in [-0.39, 0.29) is 43.6 Å². The highest BCUT2D eigenvalue weighted by Crippen LogP contribution is 2.32. The molecule has 0 unspecified atom stereocenters. The van der Waals surface area contributed by atoms with Crippen molar-refractivity contribution in [2.24, 2.45) is 0 Å². The smallest absolute Gasteiger partial charge is 0.416 e. The molecule has 0 fully saturated rings. The molecule has 0 amide bonds. The molecule has 9 heteroatoms. The summed E-state index contributed by atoms with van der Waals surface area (Å²) in [5, 5.41) is 2.83. The van der Waals surface area contributed by atoms with Gasteiger partial charge < -0.3 is 19.5 Å². The van der Waals surface area contributed by atoms with Crippen molar-refractivity contribution in [1.82, 2.24) is 0 Å². The van der Waals surface area contributed by atoms with Gasteiger partial charge in [0, 0.05) is 12.1 Å². The second kappa shape index (κ2) is 13.5. The average molecular weight is 467 g/mol. The van der Waals surface area contributed by atoms with E-state index in [1.165, 1.54) is 18.2 Å². The lowest BCUT2D eigenvalue weighted by Crippen LogP contribution is -2.15. The van der Waals surface area contributed by atoms with Crippen LogP contribution < -0.4 is 5.32 Å². The predicted octanol–water partition coefficient (Wildman–Crippen LogP) is 5.75. The summed E-state index contributed by atoms with van der Waals surface area (Å²) >= 11 is 0. The standard InChI is InChI=1S/C24H28F3NO5/c1-2-3-4-12-22(29)32-15-13-31-14-16-33-23(30)20-10-5-6-11-21(20)28-19-9-7-8-18(17-19)24(25,26)27/h5-11,17,28H,2-4,12-16H2,1H3. The van der Waals surface area contributed by atoms with Gasteiger partial charge in [0.05, 0.1) is 30.0 Å². The van der Waals surface area contributed by atoms with Crippen LogP contribution in [-0.2, 0) is 25.2 Å². The lowest BCUT2D eigenvalue weighted by molar-refractivity contribution is -0.145. The van der Waals surface area contributed by atoms with Crippen molar-refractivity contribution in [3.8, 4) is 0 Å². The van der Waals surface area contributed by atoms with E-state index in [4.69, 9.17) is 14.2 Å². The normalized spacial score (nSPS) is 11.2. The fourth-order valence-electron chi connectivity index (χ4n) is 2.88. The minimum atomic E-state index is -4.47. The van der Waals surface area contributed by atoms with Gasteiger partial charge in [-0.25, -0.2) is 4.79 Å². The number of carbonyl (C=O) groups excluding carboxylic acids is 2. The highest BCUT2D eigenvalue weighted by atomic mass is 19.4. The van der Waals surface area contributed by atoms with Gasteiger partial charge in [-0.05, 0) is 36.8 Å². The minimum Gasteiger partial charge on any atom is -0.463 e. The molecule has 0 aliphatic rings. The molecular weight excluding hydrogens is 439 g/mol. The van der Waals surface area contributed by atoms with Gasteiger partial charge in [-0.15, -0.1) is 0 Å². The Hall–Kier alpha value is -3.07. The molecule has 0 spiro atoms. The summed E-state index contributed by atoms with van der Waals surface area (Å²) in [7, 11) is 0. The van der Waals surface area contributed by atoms with Crippen molar-refractivity contribution >= 4 is 23.3 Å². The Morgan fingerprint density at radius 2 is 1.64 bits per heavy atom. The van der Waals surface area contributed by atoms with E-state index in [0.29, 0.717) is 12.1 Å². The Balaban J connectivity index is 1.77. The van der Waals surface area contributed by atoms with Crippen molar-refractivity contribution in [2.45, 2.75) is 38.8 Å². The van der Waals surface area contributed by atoms with E-state index in [9.17, 15) is 22.8 Å². The molecule has 0 atom stereocenters. The second-order valence-electron chi connectivity index (χ2n) is 7.18. The molecule has 0 aromatic heterocycles. The Kier molecular flexibility index (Phi) is 10.7. The quantitative estimate of drug-likeness (QED) is 0.299. The molecule has 0 heterocycles. The second-order valence-corrected chi connectivity index (χ2v) is 7.18. The number of hydrogen-bond acceptors (Lipinski definition) is 6. The van der Waals surface area contributed by atoms with E-state index in [1.807, 2.05) is 0 Å². The van der Waals surface area contributed by atoms with Crippen LogP contribution in [0.5, 0.6) is 0 Å². The van der Waals surface area contributed by atoms with E-state index in [2.05, 4.69) is 12.2 Å². The summed E-state index contributed by atoms with van der Waals surface area (Å²) in [5.41, 5.74) is -0.109. The molecule has 0 radical (unpaired) electrons. The van der Waals surface area contributed by atoms with E-state index >= 15 is 0 Å². The zero-order valence-electron chi connectivity index (χ0n) is 18.5. The molecule has 0 bridgehead atoms. The Bertz CT molecular complexity index is 902. The minimum absolute atomic E-state index is 0.0266. The summed E-state index contributed by atoms with van der Waals surface area (Å²) in [5.74, 6) is -0.903. The molecule has 0 saturated carbocycles. The molecule has 2 aromatic carbocycles. The molecule has 6 nitrogen and oxygen atoms in total. The number of para-hydroxylation sites is 1. The number of alkyl halides is 3. The number of nitrogens with one attached hydrogen (secondary N) is 1. The summed E-state index contributed by atoms with van der Waals surface area (Å²) in [6, 6.07) is 11.1. The summed E-state index contributed by atoms with van der Waals surface area (Å²) < 4.78 is 54.3. The van der Waals surface area contributed by atoms with Gasteiger partial charge in [0.25, 0.3) is 0 Å². The zero-order valence-corrected chi connectivity index (χ0v) is 18.5. The van der Waals surface area contributed by atoms with Crippen molar-refractivity contribution in [2.75, 3.05) is 31.7 Å². The van der Waals surface area contributed by atoms with Crippen LogP contribution in [0.3, 0.4) is 0 Å². The van der Waals surface area contributed by atoms with Gasteiger partial charge in [0.15, 0.2) is 0 Å². The topological polar surface area (TPSA) is 73.9 Å². The number of benzene rings is 2. The Morgan fingerprint density at radius 3 is 2.36 bits per heavy atom. The summed E-state index contributed by atoms with van der Waals surface area (Å²) in [4.78, 5) is 23.9. The average Bonchev–Trinajstić information content (AvgIpc) is 2.78. The first-order valence-electron chi connectivity index (χ1n) is 10.7. The third-order valence-corrected chi connectivity index (χ3v) is 4.55. The third-order valence-electron chi connectivity index (χ3n) is 4.55. The highest BCUT2D eigenvalue weighted by Gasteiger charge is 2.30. The first kappa shape index (κ1) is 26.2. The number of unbranched alkanes of at least 4 members (excludes halogenated alkanes) is 2. The summed E-state index contributed by atoms with van der Waals surface area (Å²) in [6.45, 7) is 2.45. The van der Waals surface area contributed by atoms with Crippen molar-refractivity contribution < 1.29 is 37.0 Å². The van der Waals surface area contributed by atoms with Gasteiger partial charge in [-0.1, -0.05) is 38.0 Å². The van der Waals surface area contributed by atoms with Crippen LogP contribution in [0.1, 0.15) is 48.5 Å². The summed E-state index contributed by atoms with van der Waals surface area (Å²) in [6.07, 6.45) is -1.27. The maximum absolute atomic E-state index is 12.9. The number of hydrogen-bond donors (Lipinski definition) is 1. The van der Waals surface area contributed by atoms with Crippen LogP contribution in [0.25, 0.3) is 0 Å². The molecule has 0 aliphatic heterocycles. The van der Waals surface area contributed by atoms with Gasteiger partial charge in [-0.2, -0.15) is 13.2 Å². The van der Waals surface area contributed by atoms with Crippen molar-refractivity contribution in [3.63, 3.8) is 0 Å². The van der Waals surface area contributed by atoms with Crippen LogP contribution in [0, 0.1) is 0 Å². The molecule has 0 saturated heterocycles. The number of esters is 2. The highest BCUT2D eigenvalue weighted by molar-refractivity contribution is 5.96. The fraction of sp³-hybridized carbons (Fsp3) is 0.417. The van der Waals surface area contributed by atoms with Gasteiger partial charge in [0.1, 0.15) is 13.2 Å². The van der Waals surface area contributed by atoms with Gasteiger partial charge in [-0.3, -0.25) is 4.79 Å². The van der Waals surface area contributed by atoms with E-state index in [1.54, 1.807) is 18.2 Å². The first-order chi connectivity index (χ1) is 15.8. The maximum Gasteiger partial charge on any atom is 0.416 e.